The van der Waals surface area contributed by atoms with Crippen molar-refractivity contribution < 1.29 is 14.4 Å². The predicted octanol–water partition coefficient (Wildman–Crippen LogP) is 1.78. The van der Waals surface area contributed by atoms with Crippen molar-refractivity contribution in [3.63, 3.8) is 0 Å². The quantitative estimate of drug-likeness (QED) is 0.607. The second-order valence-electron chi connectivity index (χ2n) is 6.40. The maximum atomic E-state index is 13.2. The highest BCUT2D eigenvalue weighted by Crippen LogP contribution is 2.32. The molecule has 0 spiro atoms. The molecule has 0 radical (unpaired) electrons. The van der Waals surface area contributed by atoms with Gasteiger partial charge in [0, 0.05) is 47.3 Å². The van der Waals surface area contributed by atoms with E-state index >= 15 is 0 Å². The molecule has 146 valence electrons. The molecular weight excluding hydrogens is 320 g/mol. The van der Waals surface area contributed by atoms with E-state index in [1.807, 2.05) is 27.7 Å². The van der Waals surface area contributed by atoms with Crippen LogP contribution in [-0.2, 0) is 9.59 Å². The molecule has 0 aromatic carbocycles. The van der Waals surface area contributed by atoms with Gasteiger partial charge in [0.05, 0.1) is 0 Å². The Labute approximate surface area is 152 Å². The fraction of sp³-hybridized carbons (Fsp3) is 0.833. The number of nitrogens with zero attached hydrogens (tertiary/aromatic N) is 3. The van der Waals surface area contributed by atoms with Gasteiger partial charge in [-0.1, -0.05) is 13.8 Å². The minimum atomic E-state index is -1.13. The van der Waals surface area contributed by atoms with Crippen LogP contribution in [0.15, 0.2) is 0 Å². The smallest absolute Gasteiger partial charge is 0.317 e. The van der Waals surface area contributed by atoms with Gasteiger partial charge in [0.25, 0.3) is 0 Å². The number of carbonyl (C=O) groups is 3. The van der Waals surface area contributed by atoms with Crippen molar-refractivity contribution in [3.8, 4) is 0 Å². The molecule has 0 aliphatic heterocycles. The Balaban J connectivity index is 5.68. The van der Waals surface area contributed by atoms with Crippen molar-refractivity contribution in [3.05, 3.63) is 0 Å². The average molecular weight is 357 g/mol. The number of amides is 4. The van der Waals surface area contributed by atoms with Gasteiger partial charge in [0.15, 0.2) is 0 Å². The third kappa shape index (κ3) is 5.61. The molecule has 0 aromatic rings. The molecule has 0 saturated carbocycles. The Morgan fingerprint density at radius 3 is 1.80 bits per heavy atom. The lowest BCUT2D eigenvalue weighted by atomic mass is 9.78. The van der Waals surface area contributed by atoms with Crippen molar-refractivity contribution in [1.29, 1.82) is 0 Å². The Morgan fingerprint density at radius 1 is 0.880 bits per heavy atom. The number of nitrogens with one attached hydrogen (secondary N) is 1. The van der Waals surface area contributed by atoms with E-state index in [9.17, 15) is 14.4 Å². The number of hydrogen-bond donors (Lipinski definition) is 1. The third-order valence-electron chi connectivity index (χ3n) is 4.68. The fourth-order valence-corrected chi connectivity index (χ4v) is 3.09. The van der Waals surface area contributed by atoms with Gasteiger partial charge in [-0.2, -0.15) is 0 Å². The molecule has 0 saturated heterocycles. The minimum absolute atomic E-state index is 0.146. The average Bonchev–Trinajstić information content (AvgIpc) is 2.61. The van der Waals surface area contributed by atoms with Crippen LogP contribution in [0.3, 0.4) is 0 Å². The van der Waals surface area contributed by atoms with Crippen LogP contribution in [0, 0.1) is 5.41 Å². The highest BCUT2D eigenvalue weighted by atomic mass is 16.2. The molecule has 1 atom stereocenters. The molecule has 0 bridgehead atoms. The Kier molecular flexibility index (Phi) is 10.2. The van der Waals surface area contributed by atoms with Gasteiger partial charge in [0.2, 0.25) is 11.8 Å². The molecule has 0 heterocycles. The van der Waals surface area contributed by atoms with Crippen LogP contribution in [0.2, 0.25) is 0 Å². The van der Waals surface area contributed by atoms with Crippen LogP contribution in [0.5, 0.6) is 0 Å². The fourth-order valence-electron chi connectivity index (χ4n) is 3.09. The summed E-state index contributed by atoms with van der Waals surface area (Å²) in [5, 5.41) is 2.63. The lowest BCUT2D eigenvalue weighted by Gasteiger charge is -2.37. The summed E-state index contributed by atoms with van der Waals surface area (Å²) in [5.41, 5.74) is -1.13. The van der Waals surface area contributed by atoms with E-state index in [0.29, 0.717) is 39.0 Å². The van der Waals surface area contributed by atoms with Crippen LogP contribution < -0.4 is 5.32 Å². The van der Waals surface area contributed by atoms with Gasteiger partial charge in [-0.3, -0.25) is 9.59 Å². The molecule has 1 unspecified atom stereocenters. The third-order valence-corrected chi connectivity index (χ3v) is 4.68. The normalized spacial score (nSPS) is 12.9. The van der Waals surface area contributed by atoms with Crippen molar-refractivity contribution in [2.24, 2.45) is 5.41 Å². The Morgan fingerprint density at radius 2 is 1.44 bits per heavy atom. The van der Waals surface area contributed by atoms with Crippen LogP contribution in [0.4, 0.5) is 4.79 Å². The van der Waals surface area contributed by atoms with Crippen molar-refractivity contribution >= 4 is 17.8 Å². The Bertz CT molecular complexity index is 450. The van der Waals surface area contributed by atoms with E-state index in [1.165, 1.54) is 4.90 Å². The highest BCUT2D eigenvalue weighted by Gasteiger charge is 2.47. The van der Waals surface area contributed by atoms with Crippen molar-refractivity contribution in [2.45, 2.75) is 47.0 Å². The first-order valence-corrected chi connectivity index (χ1v) is 9.23. The molecule has 25 heavy (non-hydrogen) atoms. The Hall–Kier alpha value is -1.79. The minimum Gasteiger partial charge on any atom is -0.348 e. The molecule has 0 aliphatic carbocycles. The van der Waals surface area contributed by atoms with Crippen molar-refractivity contribution in [1.82, 2.24) is 20.0 Å². The van der Waals surface area contributed by atoms with E-state index in [2.05, 4.69) is 5.32 Å². The highest BCUT2D eigenvalue weighted by molar-refractivity contribution is 6.04. The first-order chi connectivity index (χ1) is 11.7. The van der Waals surface area contributed by atoms with E-state index < -0.39 is 5.41 Å². The van der Waals surface area contributed by atoms with E-state index in [-0.39, 0.29) is 17.8 Å². The molecule has 0 rings (SSSR count). The van der Waals surface area contributed by atoms with E-state index in [1.54, 1.807) is 30.9 Å². The van der Waals surface area contributed by atoms with Crippen LogP contribution in [-0.4, -0.2) is 79.9 Å². The first kappa shape index (κ1) is 23.2. The van der Waals surface area contributed by atoms with Gasteiger partial charge in [-0.25, -0.2) is 4.79 Å². The van der Waals surface area contributed by atoms with Gasteiger partial charge >= 0.3 is 6.03 Å². The SMILES string of the molecule is CCCN(CCC(CC)(C(=O)N(C)C)C(=O)N(CC)CC)C(=O)NC. The maximum Gasteiger partial charge on any atom is 0.317 e. The topological polar surface area (TPSA) is 73.0 Å². The molecule has 0 aromatic heterocycles. The summed E-state index contributed by atoms with van der Waals surface area (Å²) < 4.78 is 0. The summed E-state index contributed by atoms with van der Waals surface area (Å²) in [7, 11) is 4.93. The lowest BCUT2D eigenvalue weighted by molar-refractivity contribution is -0.156. The number of hydrogen-bond acceptors (Lipinski definition) is 3. The van der Waals surface area contributed by atoms with E-state index in [4.69, 9.17) is 0 Å². The van der Waals surface area contributed by atoms with Gasteiger partial charge in [-0.05, 0) is 33.1 Å². The van der Waals surface area contributed by atoms with Crippen LogP contribution in [0.1, 0.15) is 47.0 Å². The molecular formula is C18H36N4O3. The van der Waals surface area contributed by atoms with Crippen molar-refractivity contribution in [2.75, 3.05) is 47.3 Å². The number of urea groups is 1. The summed E-state index contributed by atoms with van der Waals surface area (Å²) in [6.45, 7) is 9.77. The monoisotopic (exact) mass is 356 g/mol. The first-order valence-electron chi connectivity index (χ1n) is 9.23. The van der Waals surface area contributed by atoms with Gasteiger partial charge in [-0.15, -0.1) is 0 Å². The second kappa shape index (κ2) is 10.9. The number of carbonyl (C=O) groups excluding carboxylic acids is 3. The molecule has 7 heteroatoms. The maximum absolute atomic E-state index is 13.2. The summed E-state index contributed by atoms with van der Waals surface area (Å²) in [5.74, 6) is -0.340. The zero-order valence-electron chi connectivity index (χ0n) is 17.0. The molecule has 7 nitrogen and oxygen atoms in total. The second-order valence-corrected chi connectivity index (χ2v) is 6.40. The predicted molar refractivity (Wildman–Crippen MR) is 100 cm³/mol. The largest absolute Gasteiger partial charge is 0.348 e. The van der Waals surface area contributed by atoms with Gasteiger partial charge in [0.1, 0.15) is 5.41 Å². The number of rotatable bonds is 10. The molecule has 0 aliphatic rings. The summed E-state index contributed by atoms with van der Waals surface area (Å²) in [4.78, 5) is 43.0. The summed E-state index contributed by atoms with van der Waals surface area (Å²) >= 11 is 0. The molecule has 1 N–H and O–H groups in total. The molecule has 4 amide bonds. The van der Waals surface area contributed by atoms with Crippen LogP contribution >= 0.6 is 0 Å². The molecule has 0 fully saturated rings. The van der Waals surface area contributed by atoms with Gasteiger partial charge < -0.3 is 20.0 Å². The van der Waals surface area contributed by atoms with Crippen LogP contribution in [0.25, 0.3) is 0 Å². The standard InChI is InChI=1S/C18H36N4O3/c1-8-13-22(17(25)19-5)14-12-18(9-2,15(23)20(6)7)16(24)21(10-3)11-4/h8-14H2,1-7H3,(H,19,25). The summed E-state index contributed by atoms with van der Waals surface area (Å²) in [6, 6.07) is -0.181. The summed E-state index contributed by atoms with van der Waals surface area (Å²) in [6.07, 6.45) is 1.55. The lowest BCUT2D eigenvalue weighted by Crippen LogP contribution is -2.54. The van der Waals surface area contributed by atoms with E-state index in [0.717, 1.165) is 6.42 Å². The zero-order chi connectivity index (χ0) is 19.6. The zero-order valence-corrected chi connectivity index (χ0v) is 17.0.